The summed E-state index contributed by atoms with van der Waals surface area (Å²) in [5.74, 6) is 0.505. The number of aromatic nitrogens is 4. The number of ketones is 1. The van der Waals surface area contributed by atoms with Crippen molar-refractivity contribution in [2.45, 2.75) is 31.8 Å². The second kappa shape index (κ2) is 9.04. The van der Waals surface area contributed by atoms with Gasteiger partial charge in [0.25, 0.3) is 5.78 Å². The van der Waals surface area contributed by atoms with E-state index in [1.54, 1.807) is 35.9 Å². The summed E-state index contributed by atoms with van der Waals surface area (Å²) in [6.45, 7) is 3.52. The molecule has 0 unspecified atom stereocenters. The molecular formula is C20H22N4O4S. The Kier molecular flexibility index (Phi) is 6.48. The molecule has 8 nitrogen and oxygen atoms in total. The molecule has 152 valence electrons. The smallest absolute Gasteiger partial charge is 0.306 e. The van der Waals surface area contributed by atoms with Gasteiger partial charge in [0, 0.05) is 23.4 Å². The molecule has 0 saturated heterocycles. The van der Waals surface area contributed by atoms with Crippen molar-refractivity contribution in [2.24, 2.45) is 0 Å². The first-order valence-corrected chi connectivity index (χ1v) is 10.2. The first kappa shape index (κ1) is 20.8. The van der Waals surface area contributed by atoms with E-state index in [0.29, 0.717) is 28.7 Å². The molecule has 0 saturated carbocycles. The molecule has 0 atom stereocenters. The second-order valence-electron chi connectivity index (χ2n) is 6.38. The lowest BCUT2D eigenvalue weighted by Crippen LogP contribution is -2.15. The molecular weight excluding hydrogens is 392 g/mol. The summed E-state index contributed by atoms with van der Waals surface area (Å²) in [5.41, 5.74) is 3.09. The van der Waals surface area contributed by atoms with E-state index < -0.39 is 5.97 Å². The first-order chi connectivity index (χ1) is 13.9. The molecule has 0 amide bonds. The monoisotopic (exact) mass is 414 g/mol. The highest BCUT2D eigenvalue weighted by molar-refractivity contribution is 7.98. The van der Waals surface area contributed by atoms with Crippen molar-refractivity contribution in [3.63, 3.8) is 0 Å². The van der Waals surface area contributed by atoms with E-state index in [1.165, 1.54) is 11.8 Å². The van der Waals surface area contributed by atoms with Crippen molar-refractivity contribution in [3.05, 3.63) is 46.8 Å². The molecule has 0 aliphatic heterocycles. The predicted molar refractivity (Wildman–Crippen MR) is 109 cm³/mol. The Hall–Kier alpha value is -2.94. The van der Waals surface area contributed by atoms with E-state index in [4.69, 9.17) is 9.47 Å². The van der Waals surface area contributed by atoms with Gasteiger partial charge < -0.3 is 9.47 Å². The number of benzene rings is 1. The SMILES string of the molecule is COc1ccc(C(=O)COC(=O)CCc2c(C)nc3nc(SC)nn3c2C)cc1. The van der Waals surface area contributed by atoms with Crippen LogP contribution >= 0.6 is 11.8 Å². The Morgan fingerprint density at radius 2 is 1.86 bits per heavy atom. The van der Waals surface area contributed by atoms with Crippen LogP contribution in [0.3, 0.4) is 0 Å². The Balaban J connectivity index is 1.59. The number of nitrogens with zero attached hydrogens (tertiary/aromatic N) is 4. The van der Waals surface area contributed by atoms with Gasteiger partial charge in [0.05, 0.1) is 7.11 Å². The molecule has 3 rings (SSSR count). The molecule has 1 aromatic carbocycles. The standard InChI is InChI=1S/C20H22N4O4S/c1-12-16(13(2)24-19(21-12)22-20(23-24)29-4)9-10-18(26)28-11-17(25)14-5-7-15(27-3)8-6-14/h5-8H,9-11H2,1-4H3. The fraction of sp³-hybridized carbons (Fsp3) is 0.350. The van der Waals surface area contributed by atoms with E-state index in [9.17, 15) is 9.59 Å². The third-order valence-electron chi connectivity index (χ3n) is 4.57. The molecule has 2 aromatic heterocycles. The van der Waals surface area contributed by atoms with Gasteiger partial charge in [-0.1, -0.05) is 11.8 Å². The fourth-order valence-corrected chi connectivity index (χ4v) is 3.28. The van der Waals surface area contributed by atoms with Gasteiger partial charge in [0.15, 0.2) is 12.4 Å². The Morgan fingerprint density at radius 3 is 2.52 bits per heavy atom. The van der Waals surface area contributed by atoms with E-state index in [1.807, 2.05) is 20.1 Å². The highest BCUT2D eigenvalue weighted by Crippen LogP contribution is 2.18. The number of ether oxygens (including phenoxy) is 2. The number of methoxy groups -OCH3 is 1. The van der Waals surface area contributed by atoms with E-state index >= 15 is 0 Å². The Bertz CT molecular complexity index is 1050. The summed E-state index contributed by atoms with van der Waals surface area (Å²) in [5, 5.41) is 5.05. The van der Waals surface area contributed by atoms with Crippen LogP contribution in [0.1, 0.15) is 33.7 Å². The van der Waals surface area contributed by atoms with Crippen molar-refractivity contribution in [1.82, 2.24) is 19.6 Å². The van der Waals surface area contributed by atoms with Gasteiger partial charge in [-0.05, 0) is 56.4 Å². The van der Waals surface area contributed by atoms with Crippen molar-refractivity contribution in [1.29, 1.82) is 0 Å². The number of hydrogen-bond acceptors (Lipinski definition) is 8. The van der Waals surface area contributed by atoms with Crippen molar-refractivity contribution >= 4 is 29.3 Å². The summed E-state index contributed by atoms with van der Waals surface area (Å²) in [4.78, 5) is 33.1. The predicted octanol–water partition coefficient (Wildman–Crippen LogP) is 2.83. The quantitative estimate of drug-likeness (QED) is 0.315. The van der Waals surface area contributed by atoms with Crippen molar-refractivity contribution in [2.75, 3.05) is 20.0 Å². The lowest BCUT2D eigenvalue weighted by molar-refractivity contribution is -0.142. The van der Waals surface area contributed by atoms with E-state index in [0.717, 1.165) is 17.0 Å². The second-order valence-corrected chi connectivity index (χ2v) is 7.16. The number of rotatable bonds is 8. The van der Waals surface area contributed by atoms with Crippen LogP contribution in [-0.2, 0) is 16.0 Å². The summed E-state index contributed by atoms with van der Waals surface area (Å²) < 4.78 is 11.9. The van der Waals surface area contributed by atoms with Crippen LogP contribution in [0.5, 0.6) is 5.75 Å². The number of Topliss-reactive ketones (excluding diaryl/α,β-unsaturated/α-hetero) is 1. The number of fused-ring (bicyclic) bond motifs is 1. The molecule has 9 heteroatoms. The summed E-state index contributed by atoms with van der Waals surface area (Å²) in [6.07, 6.45) is 2.50. The normalized spacial score (nSPS) is 10.9. The number of carbonyl (C=O) groups is 2. The maximum atomic E-state index is 12.2. The third-order valence-corrected chi connectivity index (χ3v) is 5.11. The maximum absolute atomic E-state index is 12.2. The van der Waals surface area contributed by atoms with Crippen molar-refractivity contribution < 1.29 is 19.1 Å². The molecule has 0 spiro atoms. The van der Waals surface area contributed by atoms with Gasteiger partial charge in [-0.3, -0.25) is 9.59 Å². The number of esters is 1. The van der Waals surface area contributed by atoms with Crippen LogP contribution in [0.4, 0.5) is 0 Å². The molecule has 3 aromatic rings. The molecule has 0 aliphatic carbocycles. The molecule has 0 fully saturated rings. The minimum absolute atomic E-state index is 0.148. The zero-order valence-corrected chi connectivity index (χ0v) is 17.6. The van der Waals surface area contributed by atoms with Gasteiger partial charge in [-0.2, -0.15) is 4.98 Å². The van der Waals surface area contributed by atoms with Crippen LogP contribution in [0, 0.1) is 13.8 Å². The fourth-order valence-electron chi connectivity index (χ4n) is 2.94. The number of carbonyl (C=O) groups excluding carboxylic acids is 2. The van der Waals surface area contributed by atoms with Crippen molar-refractivity contribution in [3.8, 4) is 5.75 Å². The first-order valence-electron chi connectivity index (χ1n) is 9.02. The highest BCUT2D eigenvalue weighted by Gasteiger charge is 2.16. The lowest BCUT2D eigenvalue weighted by Gasteiger charge is -2.10. The summed E-state index contributed by atoms with van der Waals surface area (Å²) in [7, 11) is 1.56. The zero-order valence-electron chi connectivity index (χ0n) is 16.8. The Labute approximate surface area is 172 Å². The van der Waals surface area contributed by atoms with E-state index in [2.05, 4.69) is 15.1 Å². The molecule has 0 radical (unpaired) electrons. The molecule has 0 aliphatic rings. The van der Waals surface area contributed by atoms with Gasteiger partial charge in [0.2, 0.25) is 5.16 Å². The minimum atomic E-state index is -0.436. The molecule has 0 bridgehead atoms. The molecule has 29 heavy (non-hydrogen) atoms. The molecule has 2 heterocycles. The van der Waals surface area contributed by atoms with Crippen LogP contribution in [0.15, 0.2) is 29.4 Å². The number of aryl methyl sites for hydroxylation is 2. The van der Waals surface area contributed by atoms with E-state index in [-0.39, 0.29) is 18.8 Å². The van der Waals surface area contributed by atoms with Gasteiger partial charge in [-0.15, -0.1) is 5.10 Å². The average molecular weight is 414 g/mol. The Morgan fingerprint density at radius 1 is 1.14 bits per heavy atom. The maximum Gasteiger partial charge on any atom is 0.306 e. The van der Waals surface area contributed by atoms with Gasteiger partial charge >= 0.3 is 5.97 Å². The van der Waals surface area contributed by atoms with Crippen LogP contribution in [0.25, 0.3) is 5.78 Å². The number of hydrogen-bond donors (Lipinski definition) is 0. The van der Waals surface area contributed by atoms with Crippen LogP contribution in [-0.4, -0.2) is 51.3 Å². The number of thioether (sulfide) groups is 1. The van der Waals surface area contributed by atoms with Crippen LogP contribution in [0.2, 0.25) is 0 Å². The topological polar surface area (TPSA) is 95.7 Å². The third kappa shape index (κ3) is 4.73. The summed E-state index contributed by atoms with van der Waals surface area (Å²) >= 11 is 1.45. The molecule has 0 N–H and O–H groups in total. The minimum Gasteiger partial charge on any atom is -0.497 e. The van der Waals surface area contributed by atoms with Gasteiger partial charge in [-0.25, -0.2) is 9.50 Å². The van der Waals surface area contributed by atoms with Crippen LogP contribution < -0.4 is 4.74 Å². The summed E-state index contributed by atoms with van der Waals surface area (Å²) in [6, 6.07) is 6.67. The zero-order chi connectivity index (χ0) is 21.0. The average Bonchev–Trinajstić information content (AvgIpc) is 3.15. The van der Waals surface area contributed by atoms with Gasteiger partial charge in [0.1, 0.15) is 5.75 Å². The lowest BCUT2D eigenvalue weighted by atomic mass is 10.1. The highest BCUT2D eigenvalue weighted by atomic mass is 32.2. The largest absolute Gasteiger partial charge is 0.497 e.